The number of ether oxygens (including phenoxy) is 1. The van der Waals surface area contributed by atoms with Gasteiger partial charge >= 0.3 is 5.97 Å². The molecule has 6 nitrogen and oxygen atoms in total. The van der Waals surface area contributed by atoms with Crippen molar-refractivity contribution in [2.75, 3.05) is 6.61 Å². The molecule has 0 saturated heterocycles. The Balaban J connectivity index is 2.22. The lowest BCUT2D eigenvalue weighted by atomic mass is 10.1. The fraction of sp³-hybridized carbons (Fsp3) is 0.400. The van der Waals surface area contributed by atoms with Gasteiger partial charge in [-0.15, -0.1) is 0 Å². The van der Waals surface area contributed by atoms with Crippen LogP contribution in [0, 0.1) is 5.92 Å². The van der Waals surface area contributed by atoms with Crippen molar-refractivity contribution in [3.8, 4) is 0 Å². The molecule has 2 N–H and O–H groups in total. The van der Waals surface area contributed by atoms with Crippen LogP contribution in [0.4, 0.5) is 0 Å². The zero-order valence-electron chi connectivity index (χ0n) is 12.2. The molecule has 0 saturated carbocycles. The van der Waals surface area contributed by atoms with Gasteiger partial charge in [0, 0.05) is 12.0 Å². The molecule has 0 atom stereocenters. The van der Waals surface area contributed by atoms with Crippen LogP contribution in [0.15, 0.2) is 30.3 Å². The first-order chi connectivity index (χ1) is 9.99. The second-order valence-corrected chi connectivity index (χ2v) is 4.96. The van der Waals surface area contributed by atoms with Gasteiger partial charge in [-0.3, -0.25) is 25.2 Å². The number of benzene rings is 1. The van der Waals surface area contributed by atoms with Crippen molar-refractivity contribution < 1.29 is 19.1 Å². The molecule has 114 valence electrons. The lowest BCUT2D eigenvalue weighted by Gasteiger charge is -2.08. The number of hydrogen-bond acceptors (Lipinski definition) is 4. The maximum absolute atomic E-state index is 11.6. The predicted octanol–water partition coefficient (Wildman–Crippen LogP) is 1.43. The van der Waals surface area contributed by atoms with E-state index in [1.165, 1.54) is 0 Å². The quantitative estimate of drug-likeness (QED) is 0.613. The monoisotopic (exact) mass is 292 g/mol. The Labute approximate surface area is 123 Å². The van der Waals surface area contributed by atoms with Crippen LogP contribution < -0.4 is 10.9 Å². The molecule has 21 heavy (non-hydrogen) atoms. The Hall–Kier alpha value is -2.37. The van der Waals surface area contributed by atoms with Gasteiger partial charge in [-0.05, 0) is 24.5 Å². The summed E-state index contributed by atoms with van der Waals surface area (Å²) in [4.78, 5) is 34.4. The van der Waals surface area contributed by atoms with Crippen molar-refractivity contribution in [3.63, 3.8) is 0 Å². The molecule has 6 heteroatoms. The van der Waals surface area contributed by atoms with Crippen molar-refractivity contribution in [3.05, 3.63) is 35.9 Å². The Morgan fingerprint density at radius 2 is 1.76 bits per heavy atom. The fourth-order valence-electron chi connectivity index (χ4n) is 1.45. The van der Waals surface area contributed by atoms with Crippen molar-refractivity contribution >= 4 is 17.8 Å². The van der Waals surface area contributed by atoms with Crippen LogP contribution in [0.3, 0.4) is 0 Å². The largest absolute Gasteiger partial charge is 0.455 e. The van der Waals surface area contributed by atoms with Gasteiger partial charge in [0.05, 0.1) is 0 Å². The highest BCUT2D eigenvalue weighted by atomic mass is 16.5. The molecule has 1 aromatic carbocycles. The van der Waals surface area contributed by atoms with E-state index in [0.29, 0.717) is 17.9 Å². The second-order valence-electron chi connectivity index (χ2n) is 4.96. The van der Waals surface area contributed by atoms with Crippen LogP contribution in [0.1, 0.15) is 37.0 Å². The topological polar surface area (TPSA) is 84.5 Å². The minimum atomic E-state index is -0.586. The van der Waals surface area contributed by atoms with Gasteiger partial charge in [-0.25, -0.2) is 0 Å². The van der Waals surface area contributed by atoms with E-state index in [1.807, 2.05) is 13.8 Å². The van der Waals surface area contributed by atoms with Crippen LogP contribution >= 0.6 is 0 Å². The molecule has 0 aliphatic heterocycles. The zero-order chi connectivity index (χ0) is 15.7. The van der Waals surface area contributed by atoms with E-state index in [9.17, 15) is 14.4 Å². The molecular formula is C15H20N2O4. The second kappa shape index (κ2) is 8.73. The van der Waals surface area contributed by atoms with Crippen molar-refractivity contribution in [1.29, 1.82) is 0 Å². The van der Waals surface area contributed by atoms with Gasteiger partial charge in [0.15, 0.2) is 6.61 Å². The van der Waals surface area contributed by atoms with Crippen LogP contribution in [-0.4, -0.2) is 24.4 Å². The average Bonchev–Trinajstić information content (AvgIpc) is 2.49. The molecule has 0 aliphatic carbocycles. The highest BCUT2D eigenvalue weighted by Gasteiger charge is 2.10. The summed E-state index contributed by atoms with van der Waals surface area (Å²) in [5, 5.41) is 0. The minimum absolute atomic E-state index is 0.279. The normalized spacial score (nSPS) is 10.0. The lowest BCUT2D eigenvalue weighted by molar-refractivity contribution is -0.148. The molecule has 0 radical (unpaired) electrons. The molecule has 1 rings (SSSR count). The SMILES string of the molecule is CC(C)CCC(=O)OCC(=O)NNC(=O)c1ccccc1. The number of amides is 2. The predicted molar refractivity (Wildman–Crippen MR) is 77.1 cm³/mol. The summed E-state index contributed by atoms with van der Waals surface area (Å²) >= 11 is 0. The van der Waals surface area contributed by atoms with E-state index in [0.717, 1.165) is 0 Å². The number of rotatable bonds is 6. The van der Waals surface area contributed by atoms with E-state index in [2.05, 4.69) is 10.9 Å². The summed E-state index contributed by atoms with van der Waals surface area (Å²) < 4.78 is 4.79. The highest BCUT2D eigenvalue weighted by Crippen LogP contribution is 2.04. The standard InChI is InChI=1S/C15H20N2O4/c1-11(2)8-9-14(19)21-10-13(18)16-17-15(20)12-6-4-3-5-7-12/h3-7,11H,8-10H2,1-2H3,(H,16,18)(H,17,20). The Kier molecular flexibility index (Phi) is 6.94. The third kappa shape index (κ3) is 7.10. The Morgan fingerprint density at radius 1 is 1.10 bits per heavy atom. The summed E-state index contributed by atoms with van der Waals surface area (Å²) in [7, 11) is 0. The van der Waals surface area contributed by atoms with Gasteiger partial charge < -0.3 is 4.74 Å². The van der Waals surface area contributed by atoms with Gasteiger partial charge in [0.1, 0.15) is 0 Å². The average molecular weight is 292 g/mol. The summed E-state index contributed by atoms with van der Waals surface area (Å²) in [6.45, 7) is 3.59. The molecule has 1 aromatic rings. The first-order valence-corrected chi connectivity index (χ1v) is 6.79. The van der Waals surface area contributed by atoms with Gasteiger partial charge in [0.2, 0.25) is 0 Å². The van der Waals surface area contributed by atoms with E-state index in [1.54, 1.807) is 30.3 Å². The number of hydrogen-bond donors (Lipinski definition) is 2. The first kappa shape index (κ1) is 16.7. The lowest BCUT2D eigenvalue weighted by Crippen LogP contribution is -2.43. The smallest absolute Gasteiger partial charge is 0.306 e. The summed E-state index contributed by atoms with van der Waals surface area (Å²) in [5.74, 6) is -1.04. The molecule has 0 unspecified atom stereocenters. The maximum atomic E-state index is 11.6. The van der Waals surface area contributed by atoms with Crippen LogP contribution in [0.25, 0.3) is 0 Å². The van der Waals surface area contributed by atoms with E-state index in [4.69, 9.17) is 4.74 Å². The third-order valence-electron chi connectivity index (χ3n) is 2.64. The molecule has 0 fully saturated rings. The third-order valence-corrected chi connectivity index (χ3v) is 2.64. The number of carbonyl (C=O) groups excluding carboxylic acids is 3. The van der Waals surface area contributed by atoms with E-state index in [-0.39, 0.29) is 6.42 Å². The summed E-state index contributed by atoms with van der Waals surface area (Å²) in [6, 6.07) is 8.45. The van der Waals surface area contributed by atoms with Crippen LogP contribution in [0.5, 0.6) is 0 Å². The van der Waals surface area contributed by atoms with Crippen molar-refractivity contribution in [2.24, 2.45) is 5.92 Å². The zero-order valence-corrected chi connectivity index (χ0v) is 12.2. The molecule has 2 amide bonds. The van der Waals surface area contributed by atoms with Gasteiger partial charge in [0.25, 0.3) is 11.8 Å². The number of nitrogens with one attached hydrogen (secondary N) is 2. The molecule has 0 spiro atoms. The Morgan fingerprint density at radius 3 is 2.38 bits per heavy atom. The van der Waals surface area contributed by atoms with E-state index >= 15 is 0 Å². The molecule has 0 bridgehead atoms. The summed E-state index contributed by atoms with van der Waals surface area (Å²) in [5.41, 5.74) is 4.85. The molecule has 0 heterocycles. The number of esters is 1. The van der Waals surface area contributed by atoms with Gasteiger partial charge in [-0.2, -0.15) is 0 Å². The minimum Gasteiger partial charge on any atom is -0.455 e. The molecular weight excluding hydrogens is 272 g/mol. The van der Waals surface area contributed by atoms with Crippen LogP contribution in [0.2, 0.25) is 0 Å². The van der Waals surface area contributed by atoms with E-state index < -0.39 is 24.4 Å². The fourth-order valence-corrected chi connectivity index (χ4v) is 1.45. The summed E-state index contributed by atoms with van der Waals surface area (Å²) in [6.07, 6.45) is 0.993. The number of carbonyl (C=O) groups is 3. The maximum Gasteiger partial charge on any atom is 0.306 e. The molecule has 0 aliphatic rings. The van der Waals surface area contributed by atoms with Gasteiger partial charge in [-0.1, -0.05) is 32.0 Å². The van der Waals surface area contributed by atoms with Crippen molar-refractivity contribution in [1.82, 2.24) is 10.9 Å². The van der Waals surface area contributed by atoms with Crippen LogP contribution in [-0.2, 0) is 14.3 Å². The number of hydrazine groups is 1. The highest BCUT2D eigenvalue weighted by molar-refractivity contribution is 5.95. The molecule has 0 aromatic heterocycles. The van der Waals surface area contributed by atoms with Crippen molar-refractivity contribution in [2.45, 2.75) is 26.7 Å². The first-order valence-electron chi connectivity index (χ1n) is 6.79. The Bertz CT molecular complexity index is 486.